The maximum Gasteiger partial charge on any atom is 0.253 e. The number of carbonyl (C=O) groups excluding carboxylic acids is 2. The molecule has 0 saturated carbocycles. The minimum Gasteiger partial charge on any atom is -0.493 e. The summed E-state index contributed by atoms with van der Waals surface area (Å²) in [5.41, 5.74) is 2.59. The van der Waals surface area contributed by atoms with Crippen LogP contribution in [-0.4, -0.2) is 66.4 Å². The average Bonchev–Trinajstić information content (AvgIpc) is 3.16. The van der Waals surface area contributed by atoms with Gasteiger partial charge in [0.25, 0.3) is 5.91 Å². The van der Waals surface area contributed by atoms with Gasteiger partial charge >= 0.3 is 0 Å². The zero-order chi connectivity index (χ0) is 21.8. The predicted molar refractivity (Wildman–Crippen MR) is 123 cm³/mol. The van der Waals surface area contributed by atoms with E-state index in [1.807, 2.05) is 54.3 Å². The monoisotopic (exact) mass is 438 g/mol. The Bertz CT molecular complexity index is 1070. The van der Waals surface area contributed by atoms with Gasteiger partial charge in [-0.1, -0.05) is 29.0 Å². The van der Waals surface area contributed by atoms with Gasteiger partial charge in [0, 0.05) is 31.7 Å². The highest BCUT2D eigenvalue weighted by Gasteiger charge is 2.21. The van der Waals surface area contributed by atoms with E-state index in [4.69, 9.17) is 4.74 Å². The first-order valence-electron chi connectivity index (χ1n) is 10.4. The van der Waals surface area contributed by atoms with Gasteiger partial charge in [-0.05, 0) is 44.3 Å². The van der Waals surface area contributed by atoms with Crippen LogP contribution in [0.4, 0.5) is 5.13 Å². The van der Waals surface area contributed by atoms with Crippen LogP contribution < -0.4 is 10.1 Å². The van der Waals surface area contributed by atoms with Crippen LogP contribution in [0.1, 0.15) is 22.3 Å². The first kappa shape index (κ1) is 21.3. The molecule has 162 valence electrons. The number of hydrogen-bond acceptors (Lipinski definition) is 6. The number of thiazole rings is 1. The summed E-state index contributed by atoms with van der Waals surface area (Å²) >= 11 is 1.37. The van der Waals surface area contributed by atoms with Crippen molar-refractivity contribution in [3.05, 3.63) is 53.6 Å². The molecule has 1 aliphatic heterocycles. The number of anilines is 1. The molecule has 0 bridgehead atoms. The average molecular weight is 439 g/mol. The van der Waals surface area contributed by atoms with Crippen LogP contribution in [-0.2, 0) is 4.79 Å². The van der Waals surface area contributed by atoms with Gasteiger partial charge in [0.05, 0.1) is 23.2 Å². The lowest BCUT2D eigenvalue weighted by Crippen LogP contribution is -2.47. The Balaban J connectivity index is 1.33. The van der Waals surface area contributed by atoms with E-state index >= 15 is 0 Å². The topological polar surface area (TPSA) is 74.8 Å². The highest BCUT2D eigenvalue weighted by Crippen LogP contribution is 2.27. The van der Waals surface area contributed by atoms with E-state index in [1.54, 1.807) is 0 Å². The van der Waals surface area contributed by atoms with Gasteiger partial charge in [-0.15, -0.1) is 0 Å². The Kier molecular flexibility index (Phi) is 6.48. The van der Waals surface area contributed by atoms with Crippen LogP contribution in [0.25, 0.3) is 10.2 Å². The number of nitrogens with one attached hydrogen (secondary N) is 1. The third-order valence-corrected chi connectivity index (χ3v) is 6.22. The van der Waals surface area contributed by atoms with Crippen molar-refractivity contribution in [2.75, 3.05) is 45.2 Å². The molecule has 0 spiro atoms. The summed E-state index contributed by atoms with van der Waals surface area (Å²) in [5.74, 6) is 0.637. The molecule has 0 unspecified atom stereocenters. The molecule has 0 atom stereocenters. The number of piperazine rings is 1. The molecule has 1 N–H and O–H groups in total. The summed E-state index contributed by atoms with van der Waals surface area (Å²) in [6.07, 6.45) is 0.233. The van der Waals surface area contributed by atoms with E-state index in [9.17, 15) is 9.59 Å². The number of aryl methyl sites for hydroxylation is 1. The molecule has 3 aromatic rings. The van der Waals surface area contributed by atoms with Crippen molar-refractivity contribution in [2.24, 2.45) is 0 Å². The smallest absolute Gasteiger partial charge is 0.253 e. The molecular weight excluding hydrogens is 412 g/mol. The number of rotatable bonds is 6. The molecule has 1 saturated heterocycles. The molecule has 1 fully saturated rings. The van der Waals surface area contributed by atoms with Crippen LogP contribution in [0.2, 0.25) is 0 Å². The summed E-state index contributed by atoms with van der Waals surface area (Å²) in [6, 6.07) is 13.2. The Hall–Kier alpha value is -2.97. The minimum atomic E-state index is -0.153. The van der Waals surface area contributed by atoms with E-state index < -0.39 is 0 Å². The lowest BCUT2D eigenvalue weighted by Gasteiger charge is -2.32. The number of benzene rings is 2. The Morgan fingerprint density at radius 1 is 1.10 bits per heavy atom. The lowest BCUT2D eigenvalue weighted by atomic mass is 10.1. The van der Waals surface area contributed by atoms with Crippen molar-refractivity contribution in [3.63, 3.8) is 0 Å². The number of ether oxygens (including phenoxy) is 1. The van der Waals surface area contributed by atoms with Gasteiger partial charge in [0.2, 0.25) is 5.91 Å². The summed E-state index contributed by atoms with van der Waals surface area (Å²) in [7, 11) is 2.07. The van der Waals surface area contributed by atoms with Gasteiger partial charge in [0.15, 0.2) is 5.13 Å². The first-order valence-corrected chi connectivity index (χ1v) is 11.2. The summed E-state index contributed by atoms with van der Waals surface area (Å²) < 4.78 is 6.49. The Morgan fingerprint density at radius 3 is 2.58 bits per heavy atom. The fourth-order valence-corrected chi connectivity index (χ4v) is 4.30. The SMILES string of the molecule is Cc1ccc(OCCC(=O)Nc2nc3ccc(C(=O)N4CCN(C)CC4)cc3s2)cc1. The van der Waals surface area contributed by atoms with Gasteiger partial charge in [0.1, 0.15) is 5.75 Å². The first-order chi connectivity index (χ1) is 15.0. The molecule has 31 heavy (non-hydrogen) atoms. The van der Waals surface area contributed by atoms with Crippen LogP contribution in [0.15, 0.2) is 42.5 Å². The van der Waals surface area contributed by atoms with Crippen molar-refractivity contribution in [2.45, 2.75) is 13.3 Å². The van der Waals surface area contributed by atoms with Gasteiger partial charge in [-0.25, -0.2) is 4.98 Å². The number of aromatic nitrogens is 1. The van der Waals surface area contributed by atoms with Crippen LogP contribution >= 0.6 is 11.3 Å². The zero-order valence-corrected chi connectivity index (χ0v) is 18.6. The zero-order valence-electron chi connectivity index (χ0n) is 17.8. The van der Waals surface area contributed by atoms with Crippen molar-refractivity contribution in [1.82, 2.24) is 14.8 Å². The molecule has 8 heteroatoms. The van der Waals surface area contributed by atoms with Gasteiger partial charge in [-0.3, -0.25) is 9.59 Å². The number of fused-ring (bicyclic) bond motifs is 1. The largest absolute Gasteiger partial charge is 0.493 e. The Morgan fingerprint density at radius 2 is 1.84 bits per heavy atom. The van der Waals surface area contributed by atoms with E-state index in [2.05, 4.69) is 22.2 Å². The molecule has 1 aliphatic rings. The fraction of sp³-hybridized carbons (Fsp3) is 0.348. The van der Waals surface area contributed by atoms with Crippen LogP contribution in [0.3, 0.4) is 0 Å². The van der Waals surface area contributed by atoms with E-state index in [-0.39, 0.29) is 18.2 Å². The molecule has 0 radical (unpaired) electrons. The highest BCUT2D eigenvalue weighted by atomic mass is 32.1. The number of nitrogens with zero attached hydrogens (tertiary/aromatic N) is 3. The van der Waals surface area contributed by atoms with Gasteiger partial charge in [-0.2, -0.15) is 0 Å². The molecule has 2 heterocycles. The molecule has 2 amide bonds. The second-order valence-electron chi connectivity index (χ2n) is 7.76. The van der Waals surface area contributed by atoms with E-state index in [0.29, 0.717) is 17.3 Å². The number of carbonyl (C=O) groups is 2. The van der Waals surface area contributed by atoms with Crippen LogP contribution in [0, 0.1) is 6.92 Å². The normalized spacial score (nSPS) is 14.6. The maximum absolute atomic E-state index is 12.8. The summed E-state index contributed by atoms with van der Waals surface area (Å²) in [4.78, 5) is 33.6. The maximum atomic E-state index is 12.8. The highest BCUT2D eigenvalue weighted by molar-refractivity contribution is 7.22. The van der Waals surface area contributed by atoms with Crippen molar-refractivity contribution in [1.29, 1.82) is 0 Å². The van der Waals surface area contributed by atoms with Gasteiger partial charge < -0.3 is 19.9 Å². The minimum absolute atomic E-state index is 0.0437. The van der Waals surface area contributed by atoms with E-state index in [1.165, 1.54) is 11.3 Å². The lowest BCUT2D eigenvalue weighted by molar-refractivity contribution is -0.116. The second kappa shape index (κ2) is 9.45. The van der Waals surface area contributed by atoms with Crippen molar-refractivity contribution >= 4 is 38.5 Å². The summed E-state index contributed by atoms with van der Waals surface area (Å²) in [5, 5.41) is 3.36. The molecule has 0 aliphatic carbocycles. The van der Waals surface area contributed by atoms with Crippen molar-refractivity contribution in [3.8, 4) is 5.75 Å². The fourth-order valence-electron chi connectivity index (χ4n) is 3.38. The molecule has 4 rings (SSSR count). The van der Waals surface area contributed by atoms with Crippen LogP contribution in [0.5, 0.6) is 5.75 Å². The molecule has 7 nitrogen and oxygen atoms in total. The number of likely N-dealkylation sites (N-methyl/N-ethyl adjacent to an activating group) is 1. The van der Waals surface area contributed by atoms with Crippen molar-refractivity contribution < 1.29 is 14.3 Å². The standard InChI is InChI=1S/C23H26N4O3S/c1-16-3-6-18(7-4-16)30-14-9-21(28)25-23-24-19-8-5-17(15-20(19)31-23)22(29)27-12-10-26(2)11-13-27/h3-8,15H,9-14H2,1-2H3,(H,24,25,28). The van der Waals surface area contributed by atoms with E-state index in [0.717, 1.165) is 47.7 Å². The molecule has 1 aromatic heterocycles. The second-order valence-corrected chi connectivity index (χ2v) is 8.79. The summed E-state index contributed by atoms with van der Waals surface area (Å²) in [6.45, 7) is 5.56. The quantitative estimate of drug-likeness (QED) is 0.639. The third-order valence-electron chi connectivity index (χ3n) is 5.29. The molecular formula is C23H26N4O3S. The predicted octanol–water partition coefficient (Wildman–Crippen LogP) is 3.40. The number of hydrogen-bond donors (Lipinski definition) is 1. The number of amides is 2. The Labute approximate surface area is 185 Å². The molecule has 2 aromatic carbocycles. The third kappa shape index (κ3) is 5.39.